The Kier molecular flexibility index (Phi) is 4.79. The van der Waals surface area contributed by atoms with E-state index in [9.17, 15) is 4.79 Å². The summed E-state index contributed by atoms with van der Waals surface area (Å²) in [7, 11) is 0. The van der Waals surface area contributed by atoms with Crippen molar-refractivity contribution in [2.45, 2.75) is 51.3 Å². The molecule has 26 heavy (non-hydrogen) atoms. The number of benzene rings is 2. The molecule has 3 heteroatoms. The summed E-state index contributed by atoms with van der Waals surface area (Å²) in [6, 6.07) is 19.1. The first-order valence-corrected chi connectivity index (χ1v) is 9.53. The predicted molar refractivity (Wildman–Crippen MR) is 104 cm³/mol. The molecule has 2 heterocycles. The predicted octanol–water partition coefficient (Wildman–Crippen LogP) is 5.21. The zero-order valence-corrected chi connectivity index (χ0v) is 15.2. The lowest BCUT2D eigenvalue weighted by atomic mass is 9.93. The Labute approximate surface area is 155 Å². The highest BCUT2D eigenvalue weighted by Crippen LogP contribution is 2.39. The summed E-state index contributed by atoms with van der Waals surface area (Å²) in [6.07, 6.45) is 6.15. The van der Waals surface area contributed by atoms with Crippen LogP contribution in [0.15, 0.2) is 60.7 Å². The van der Waals surface area contributed by atoms with Crippen LogP contribution in [0.2, 0.25) is 0 Å². The molecule has 0 aliphatic carbocycles. The first kappa shape index (κ1) is 16.9. The van der Waals surface area contributed by atoms with Gasteiger partial charge in [0.05, 0.1) is 6.04 Å². The van der Waals surface area contributed by atoms with Crippen LogP contribution in [0.5, 0.6) is 0 Å². The molecule has 4 rings (SSSR count). The van der Waals surface area contributed by atoms with Crippen LogP contribution in [0, 0.1) is 0 Å². The van der Waals surface area contributed by atoms with Gasteiger partial charge in [-0.25, -0.2) is 4.79 Å². The highest BCUT2D eigenvalue weighted by Gasteiger charge is 2.40. The van der Waals surface area contributed by atoms with E-state index in [0.29, 0.717) is 6.61 Å². The largest absolute Gasteiger partial charge is 0.445 e. The van der Waals surface area contributed by atoms with Gasteiger partial charge < -0.3 is 4.74 Å². The average molecular weight is 347 g/mol. The summed E-state index contributed by atoms with van der Waals surface area (Å²) in [5.41, 5.74) is 5.07. The standard InChI is InChI=1S/C23H25NO2/c1-2-17-9-6-10-19(13-17)20-14-21-11-12-22(15-20)24(21)23(25)26-16-18-7-4-3-5-8-18/h3-10,13-14,21-22H,2,11-12,15-16H2,1H3. The molecule has 0 aromatic heterocycles. The minimum absolute atomic E-state index is 0.164. The Hall–Kier alpha value is -2.55. The number of aryl methyl sites for hydroxylation is 1. The first-order valence-electron chi connectivity index (χ1n) is 9.53. The second kappa shape index (κ2) is 7.36. The van der Waals surface area contributed by atoms with E-state index in [1.807, 2.05) is 35.2 Å². The van der Waals surface area contributed by atoms with Gasteiger partial charge in [-0.05, 0) is 47.9 Å². The molecule has 2 atom stereocenters. The number of carbonyl (C=O) groups is 1. The third kappa shape index (κ3) is 3.39. The van der Waals surface area contributed by atoms with Gasteiger partial charge in [0, 0.05) is 6.04 Å². The molecular weight excluding hydrogens is 322 g/mol. The van der Waals surface area contributed by atoms with Gasteiger partial charge in [-0.3, -0.25) is 4.90 Å². The molecule has 2 bridgehead atoms. The maximum atomic E-state index is 12.7. The molecule has 1 saturated heterocycles. The smallest absolute Gasteiger partial charge is 0.410 e. The zero-order valence-electron chi connectivity index (χ0n) is 15.2. The van der Waals surface area contributed by atoms with Crippen molar-refractivity contribution in [3.05, 3.63) is 77.4 Å². The van der Waals surface area contributed by atoms with E-state index >= 15 is 0 Å². The molecule has 1 fully saturated rings. The van der Waals surface area contributed by atoms with Crippen molar-refractivity contribution in [1.29, 1.82) is 0 Å². The summed E-state index contributed by atoms with van der Waals surface area (Å²) < 4.78 is 5.58. The lowest BCUT2D eigenvalue weighted by Gasteiger charge is -2.33. The van der Waals surface area contributed by atoms with Gasteiger partial charge in [-0.2, -0.15) is 0 Å². The summed E-state index contributed by atoms with van der Waals surface area (Å²) >= 11 is 0. The Morgan fingerprint density at radius 3 is 2.65 bits per heavy atom. The number of nitrogens with zero attached hydrogens (tertiary/aromatic N) is 1. The van der Waals surface area contributed by atoms with E-state index < -0.39 is 0 Å². The van der Waals surface area contributed by atoms with Crippen molar-refractivity contribution in [3.8, 4) is 0 Å². The third-order valence-corrected chi connectivity index (χ3v) is 5.52. The fourth-order valence-corrected chi connectivity index (χ4v) is 4.11. The van der Waals surface area contributed by atoms with E-state index in [0.717, 1.165) is 31.2 Å². The Morgan fingerprint density at radius 1 is 1.08 bits per heavy atom. The second-order valence-corrected chi connectivity index (χ2v) is 7.20. The minimum Gasteiger partial charge on any atom is -0.445 e. The van der Waals surface area contributed by atoms with Crippen molar-refractivity contribution in [2.75, 3.05) is 0 Å². The SMILES string of the molecule is CCc1cccc(C2=CC3CCC(C2)N3C(=O)OCc2ccccc2)c1. The number of fused-ring (bicyclic) bond motifs is 2. The summed E-state index contributed by atoms with van der Waals surface area (Å²) in [5.74, 6) is 0. The Balaban J connectivity index is 1.47. The molecule has 2 unspecified atom stereocenters. The highest BCUT2D eigenvalue weighted by atomic mass is 16.6. The van der Waals surface area contributed by atoms with E-state index in [1.165, 1.54) is 16.7 Å². The van der Waals surface area contributed by atoms with Gasteiger partial charge in [0.2, 0.25) is 0 Å². The third-order valence-electron chi connectivity index (χ3n) is 5.52. The van der Waals surface area contributed by atoms with Crippen LogP contribution in [0.1, 0.15) is 42.9 Å². The van der Waals surface area contributed by atoms with Gasteiger partial charge in [0.25, 0.3) is 0 Å². The fourth-order valence-electron chi connectivity index (χ4n) is 4.11. The van der Waals surface area contributed by atoms with Crippen LogP contribution in [0.4, 0.5) is 4.79 Å². The molecule has 0 saturated carbocycles. The molecule has 0 N–H and O–H groups in total. The van der Waals surface area contributed by atoms with E-state index in [2.05, 4.69) is 37.3 Å². The topological polar surface area (TPSA) is 29.5 Å². The molecule has 2 aromatic carbocycles. The fraction of sp³-hybridized carbons (Fsp3) is 0.348. The number of ether oxygens (including phenoxy) is 1. The molecule has 1 amide bonds. The van der Waals surface area contributed by atoms with Crippen molar-refractivity contribution < 1.29 is 9.53 Å². The molecule has 3 nitrogen and oxygen atoms in total. The molecule has 0 spiro atoms. The highest BCUT2D eigenvalue weighted by molar-refractivity contribution is 5.75. The van der Waals surface area contributed by atoms with Crippen molar-refractivity contribution >= 4 is 11.7 Å². The molecule has 0 radical (unpaired) electrons. The van der Waals surface area contributed by atoms with Gasteiger partial charge >= 0.3 is 6.09 Å². The lowest BCUT2D eigenvalue weighted by Crippen LogP contribution is -2.43. The quantitative estimate of drug-likeness (QED) is 0.760. The molecule has 2 aromatic rings. The van der Waals surface area contributed by atoms with Gasteiger partial charge in [-0.1, -0.05) is 67.6 Å². The van der Waals surface area contributed by atoms with Crippen LogP contribution in [0.25, 0.3) is 5.57 Å². The second-order valence-electron chi connectivity index (χ2n) is 7.20. The van der Waals surface area contributed by atoms with Crippen molar-refractivity contribution in [3.63, 3.8) is 0 Å². The molecule has 134 valence electrons. The number of carbonyl (C=O) groups excluding carboxylic acids is 1. The average Bonchev–Trinajstić information content (AvgIpc) is 2.96. The number of rotatable bonds is 4. The van der Waals surface area contributed by atoms with Crippen LogP contribution < -0.4 is 0 Å². The van der Waals surface area contributed by atoms with E-state index in [-0.39, 0.29) is 18.2 Å². The van der Waals surface area contributed by atoms with Crippen LogP contribution in [-0.2, 0) is 17.8 Å². The maximum Gasteiger partial charge on any atom is 0.410 e. The summed E-state index contributed by atoms with van der Waals surface area (Å²) in [5, 5.41) is 0. The number of hydrogen-bond acceptors (Lipinski definition) is 2. The molecule has 2 aliphatic rings. The maximum absolute atomic E-state index is 12.7. The summed E-state index contributed by atoms with van der Waals surface area (Å²) in [6.45, 7) is 2.52. The zero-order chi connectivity index (χ0) is 17.9. The van der Waals surface area contributed by atoms with Crippen LogP contribution >= 0.6 is 0 Å². The minimum atomic E-state index is -0.182. The van der Waals surface area contributed by atoms with Crippen molar-refractivity contribution in [1.82, 2.24) is 4.90 Å². The van der Waals surface area contributed by atoms with Crippen LogP contribution in [-0.4, -0.2) is 23.1 Å². The normalized spacial score (nSPS) is 21.4. The first-order chi connectivity index (χ1) is 12.7. The lowest BCUT2D eigenvalue weighted by molar-refractivity contribution is 0.0832. The van der Waals surface area contributed by atoms with E-state index in [1.54, 1.807) is 0 Å². The monoisotopic (exact) mass is 347 g/mol. The van der Waals surface area contributed by atoms with Crippen LogP contribution in [0.3, 0.4) is 0 Å². The number of hydrogen-bond donors (Lipinski definition) is 0. The number of amides is 1. The Morgan fingerprint density at radius 2 is 1.88 bits per heavy atom. The van der Waals surface area contributed by atoms with Gasteiger partial charge in [0.1, 0.15) is 6.61 Å². The Bertz CT molecular complexity index is 812. The van der Waals surface area contributed by atoms with Crippen molar-refractivity contribution in [2.24, 2.45) is 0 Å². The van der Waals surface area contributed by atoms with E-state index in [4.69, 9.17) is 4.74 Å². The summed E-state index contributed by atoms with van der Waals surface area (Å²) in [4.78, 5) is 14.6. The van der Waals surface area contributed by atoms with Gasteiger partial charge in [-0.15, -0.1) is 0 Å². The molecular formula is C23H25NO2. The molecule has 2 aliphatic heterocycles. The van der Waals surface area contributed by atoms with Gasteiger partial charge in [0.15, 0.2) is 0 Å².